The summed E-state index contributed by atoms with van der Waals surface area (Å²) in [5.41, 5.74) is 1.02. The monoisotopic (exact) mass is 396 g/mol. The zero-order valence-electron chi connectivity index (χ0n) is 13.5. The van der Waals surface area contributed by atoms with Crippen molar-refractivity contribution in [1.82, 2.24) is 10.2 Å². The van der Waals surface area contributed by atoms with Gasteiger partial charge in [0, 0.05) is 10.8 Å². The van der Waals surface area contributed by atoms with E-state index in [4.69, 9.17) is 20.8 Å². The van der Waals surface area contributed by atoms with Crippen molar-refractivity contribution in [3.63, 3.8) is 0 Å². The van der Waals surface area contributed by atoms with Gasteiger partial charge in [-0.3, -0.25) is 0 Å². The van der Waals surface area contributed by atoms with Gasteiger partial charge in [0.25, 0.3) is 11.1 Å². The van der Waals surface area contributed by atoms with Gasteiger partial charge in [0.1, 0.15) is 0 Å². The number of ether oxygens (including phenoxy) is 1. The molecule has 0 fully saturated rings. The van der Waals surface area contributed by atoms with E-state index in [0.29, 0.717) is 21.9 Å². The fraction of sp³-hybridized carbons (Fsp3) is 0.294. The fourth-order valence-corrected chi connectivity index (χ4v) is 3.51. The summed E-state index contributed by atoms with van der Waals surface area (Å²) in [5, 5.41) is 21.2. The largest absolute Gasteiger partial charge is 0.410 e. The lowest BCUT2D eigenvalue weighted by molar-refractivity contribution is 0.00618. The SMILES string of the molecule is CC(OCC(O)CSc1nnc(-c2cccs2)o1)c1ccc(Cl)cc1. The van der Waals surface area contributed by atoms with E-state index >= 15 is 0 Å². The maximum atomic E-state index is 10.1. The van der Waals surface area contributed by atoms with Gasteiger partial charge in [-0.05, 0) is 36.1 Å². The van der Waals surface area contributed by atoms with E-state index in [9.17, 15) is 5.11 Å². The van der Waals surface area contributed by atoms with Crippen molar-refractivity contribution in [3.8, 4) is 10.8 Å². The predicted octanol–water partition coefficient (Wildman–Crippen LogP) is 4.68. The van der Waals surface area contributed by atoms with Crippen molar-refractivity contribution in [1.29, 1.82) is 0 Å². The molecular formula is C17H17ClN2O3S2. The Kier molecular flexibility index (Phi) is 6.50. The van der Waals surface area contributed by atoms with Crippen LogP contribution < -0.4 is 0 Å². The highest BCUT2D eigenvalue weighted by atomic mass is 35.5. The van der Waals surface area contributed by atoms with Crippen LogP contribution in [0.25, 0.3) is 10.8 Å². The van der Waals surface area contributed by atoms with E-state index in [1.54, 1.807) is 11.3 Å². The second kappa shape index (κ2) is 8.82. The molecule has 5 nitrogen and oxygen atoms in total. The topological polar surface area (TPSA) is 68.4 Å². The van der Waals surface area contributed by atoms with Gasteiger partial charge in [-0.15, -0.1) is 21.5 Å². The molecule has 1 N–H and O–H groups in total. The second-order valence-electron chi connectivity index (χ2n) is 5.34. The van der Waals surface area contributed by atoms with Gasteiger partial charge in [-0.25, -0.2) is 0 Å². The van der Waals surface area contributed by atoms with Gasteiger partial charge in [-0.1, -0.05) is 41.6 Å². The standard InChI is InChI=1S/C17H17ClN2O3S2/c1-11(12-4-6-13(18)7-5-12)22-9-14(21)10-25-17-20-19-16(23-17)15-3-2-8-24-15/h2-8,11,14,21H,9-10H2,1H3. The Morgan fingerprint density at radius 3 is 2.80 bits per heavy atom. The zero-order valence-corrected chi connectivity index (χ0v) is 15.9. The molecule has 0 aliphatic rings. The number of halogens is 1. The zero-order chi connectivity index (χ0) is 17.6. The van der Waals surface area contributed by atoms with Gasteiger partial charge in [-0.2, -0.15) is 0 Å². The van der Waals surface area contributed by atoms with Crippen LogP contribution >= 0.6 is 34.7 Å². The van der Waals surface area contributed by atoms with E-state index in [1.165, 1.54) is 11.8 Å². The third-order valence-electron chi connectivity index (χ3n) is 3.42. The summed E-state index contributed by atoms with van der Waals surface area (Å²) >= 11 is 8.73. The van der Waals surface area contributed by atoms with Crippen LogP contribution in [-0.2, 0) is 4.74 Å². The molecule has 0 saturated carbocycles. The lowest BCUT2D eigenvalue weighted by Gasteiger charge is -2.16. The van der Waals surface area contributed by atoms with Gasteiger partial charge in [0.15, 0.2) is 0 Å². The summed E-state index contributed by atoms with van der Waals surface area (Å²) in [5.74, 6) is 0.916. The molecule has 0 aliphatic heterocycles. The molecule has 8 heteroatoms. The molecule has 3 aromatic rings. The number of hydrogen-bond acceptors (Lipinski definition) is 7. The van der Waals surface area contributed by atoms with Crippen molar-refractivity contribution in [2.75, 3.05) is 12.4 Å². The van der Waals surface area contributed by atoms with Crippen molar-refractivity contribution in [2.24, 2.45) is 0 Å². The summed E-state index contributed by atoms with van der Waals surface area (Å²) in [6.07, 6.45) is -0.748. The van der Waals surface area contributed by atoms with Crippen molar-refractivity contribution >= 4 is 34.7 Å². The molecule has 0 spiro atoms. The van der Waals surface area contributed by atoms with Crippen LogP contribution in [0, 0.1) is 0 Å². The molecule has 3 rings (SSSR count). The number of nitrogens with zero attached hydrogens (tertiary/aromatic N) is 2. The Labute approximate surface area is 159 Å². The van der Waals surface area contributed by atoms with E-state index in [2.05, 4.69) is 10.2 Å². The highest BCUT2D eigenvalue weighted by Crippen LogP contribution is 2.27. The predicted molar refractivity (Wildman–Crippen MR) is 100 cm³/mol. The van der Waals surface area contributed by atoms with Crippen LogP contribution in [0.5, 0.6) is 0 Å². The lowest BCUT2D eigenvalue weighted by Crippen LogP contribution is -2.19. The summed E-state index contributed by atoms with van der Waals surface area (Å²) in [4.78, 5) is 0.931. The highest BCUT2D eigenvalue weighted by Gasteiger charge is 2.14. The number of benzene rings is 1. The quantitative estimate of drug-likeness (QED) is 0.557. The van der Waals surface area contributed by atoms with Crippen LogP contribution in [0.1, 0.15) is 18.6 Å². The Morgan fingerprint density at radius 1 is 1.28 bits per heavy atom. The molecular weight excluding hydrogens is 380 g/mol. The Morgan fingerprint density at radius 2 is 2.08 bits per heavy atom. The average Bonchev–Trinajstić information content (AvgIpc) is 3.29. The molecule has 2 unspecified atom stereocenters. The van der Waals surface area contributed by atoms with Gasteiger partial charge < -0.3 is 14.3 Å². The lowest BCUT2D eigenvalue weighted by atomic mass is 10.1. The molecule has 0 radical (unpaired) electrons. The molecule has 0 bridgehead atoms. The van der Waals surface area contributed by atoms with E-state index in [0.717, 1.165) is 10.4 Å². The summed E-state index contributed by atoms with van der Waals surface area (Å²) in [6.45, 7) is 2.16. The van der Waals surface area contributed by atoms with Crippen LogP contribution in [-0.4, -0.2) is 33.8 Å². The second-order valence-corrected chi connectivity index (χ2v) is 7.70. The van der Waals surface area contributed by atoms with Gasteiger partial charge in [0.05, 0.1) is 23.7 Å². The summed E-state index contributed by atoms with van der Waals surface area (Å²) < 4.78 is 11.3. The van der Waals surface area contributed by atoms with Crippen LogP contribution in [0.2, 0.25) is 5.02 Å². The first-order chi connectivity index (χ1) is 12.1. The smallest absolute Gasteiger partial charge is 0.276 e. The fourth-order valence-electron chi connectivity index (χ4n) is 2.07. The molecule has 2 aromatic heterocycles. The highest BCUT2D eigenvalue weighted by molar-refractivity contribution is 7.99. The average molecular weight is 397 g/mol. The Hall–Kier alpha value is -1.38. The van der Waals surface area contributed by atoms with Crippen molar-refractivity contribution in [3.05, 3.63) is 52.4 Å². The first kappa shape index (κ1) is 18.4. The number of aliphatic hydroxyl groups excluding tert-OH is 1. The Balaban J connectivity index is 1.43. The van der Waals surface area contributed by atoms with Gasteiger partial charge >= 0.3 is 0 Å². The molecule has 0 aliphatic carbocycles. The molecule has 0 saturated heterocycles. The first-order valence-electron chi connectivity index (χ1n) is 7.67. The molecule has 2 heterocycles. The van der Waals surface area contributed by atoms with Crippen LogP contribution in [0.3, 0.4) is 0 Å². The molecule has 0 amide bonds. The van der Waals surface area contributed by atoms with E-state index < -0.39 is 6.10 Å². The first-order valence-corrected chi connectivity index (χ1v) is 9.91. The summed E-state index contributed by atoms with van der Waals surface area (Å²) in [6, 6.07) is 11.3. The minimum absolute atomic E-state index is 0.120. The van der Waals surface area contributed by atoms with Crippen molar-refractivity contribution < 1.29 is 14.3 Å². The molecule has 2 atom stereocenters. The number of hydrogen-bond donors (Lipinski definition) is 1. The maximum Gasteiger partial charge on any atom is 0.276 e. The third-order valence-corrected chi connectivity index (χ3v) is 5.49. The molecule has 132 valence electrons. The number of aliphatic hydroxyl groups is 1. The van der Waals surface area contributed by atoms with Crippen molar-refractivity contribution in [2.45, 2.75) is 24.4 Å². The number of aromatic nitrogens is 2. The minimum Gasteiger partial charge on any atom is -0.410 e. The van der Waals surface area contributed by atoms with Crippen LogP contribution in [0.4, 0.5) is 0 Å². The third kappa shape index (κ3) is 5.29. The normalized spacial score (nSPS) is 13.7. The summed E-state index contributed by atoms with van der Waals surface area (Å²) in [7, 11) is 0. The van der Waals surface area contributed by atoms with E-state index in [-0.39, 0.29) is 12.7 Å². The number of thioether (sulfide) groups is 1. The number of rotatable bonds is 8. The Bertz CT molecular complexity index is 778. The number of thiophene rings is 1. The van der Waals surface area contributed by atoms with E-state index in [1.807, 2.05) is 48.7 Å². The minimum atomic E-state index is -0.628. The van der Waals surface area contributed by atoms with Gasteiger partial charge in [0.2, 0.25) is 0 Å². The molecule has 1 aromatic carbocycles. The molecule has 25 heavy (non-hydrogen) atoms. The maximum absolute atomic E-state index is 10.1. The van der Waals surface area contributed by atoms with Crippen LogP contribution in [0.15, 0.2) is 51.4 Å².